The highest BCUT2D eigenvalue weighted by molar-refractivity contribution is 6.00. The third-order valence-corrected chi connectivity index (χ3v) is 3.94. The predicted molar refractivity (Wildman–Crippen MR) is 78.5 cm³/mol. The Labute approximate surface area is 113 Å². The van der Waals surface area contributed by atoms with E-state index in [2.05, 4.69) is 17.4 Å². The second kappa shape index (κ2) is 5.54. The average Bonchev–Trinajstić information content (AvgIpc) is 2.48. The van der Waals surface area contributed by atoms with E-state index in [9.17, 15) is 4.79 Å². The standard InChI is InChI=1S/C17H19NO/c19-17(10-13-4-3-9-18-12-13)16-8-7-14-5-1-2-6-15(14)11-16/h1-2,5-8,11,13,18H,3-4,9-10,12H2. The number of ketones is 1. The van der Waals surface area contributed by atoms with Crippen LogP contribution < -0.4 is 5.32 Å². The third-order valence-electron chi connectivity index (χ3n) is 3.94. The van der Waals surface area contributed by atoms with Crippen LogP contribution in [0.4, 0.5) is 0 Å². The summed E-state index contributed by atoms with van der Waals surface area (Å²) in [5.41, 5.74) is 0.851. The maximum absolute atomic E-state index is 12.3. The van der Waals surface area contributed by atoms with Crippen molar-refractivity contribution in [1.82, 2.24) is 5.32 Å². The van der Waals surface area contributed by atoms with Gasteiger partial charge in [-0.05, 0) is 48.7 Å². The quantitative estimate of drug-likeness (QED) is 0.849. The lowest BCUT2D eigenvalue weighted by Crippen LogP contribution is -2.31. The molecule has 0 aliphatic carbocycles. The molecule has 0 amide bonds. The van der Waals surface area contributed by atoms with Crippen molar-refractivity contribution in [2.75, 3.05) is 13.1 Å². The van der Waals surface area contributed by atoms with Crippen molar-refractivity contribution in [2.45, 2.75) is 19.3 Å². The van der Waals surface area contributed by atoms with Crippen LogP contribution in [0, 0.1) is 5.92 Å². The van der Waals surface area contributed by atoms with Gasteiger partial charge >= 0.3 is 0 Å². The van der Waals surface area contributed by atoms with Crippen LogP contribution in [0.25, 0.3) is 10.8 Å². The van der Waals surface area contributed by atoms with E-state index < -0.39 is 0 Å². The Morgan fingerprint density at radius 1 is 1.16 bits per heavy atom. The minimum atomic E-state index is 0.277. The molecule has 0 aromatic heterocycles. The highest BCUT2D eigenvalue weighted by Gasteiger charge is 2.17. The molecule has 19 heavy (non-hydrogen) atoms. The first kappa shape index (κ1) is 12.4. The normalized spacial score (nSPS) is 19.5. The molecular weight excluding hydrogens is 234 g/mol. The van der Waals surface area contributed by atoms with Crippen molar-refractivity contribution >= 4 is 16.6 Å². The molecular formula is C17H19NO. The van der Waals surface area contributed by atoms with Crippen LogP contribution in [0.2, 0.25) is 0 Å². The molecule has 2 heteroatoms. The number of nitrogens with one attached hydrogen (secondary N) is 1. The minimum absolute atomic E-state index is 0.277. The molecule has 1 aliphatic heterocycles. The Morgan fingerprint density at radius 3 is 2.79 bits per heavy atom. The topological polar surface area (TPSA) is 29.1 Å². The number of Topliss-reactive ketones (excluding diaryl/α,β-unsaturated/α-hetero) is 1. The van der Waals surface area contributed by atoms with Gasteiger partial charge in [0, 0.05) is 12.0 Å². The highest BCUT2D eigenvalue weighted by Crippen LogP contribution is 2.20. The zero-order valence-corrected chi connectivity index (χ0v) is 11.1. The molecule has 1 heterocycles. The Balaban J connectivity index is 1.77. The molecule has 2 aromatic rings. The molecule has 2 nitrogen and oxygen atoms in total. The fraction of sp³-hybridized carbons (Fsp3) is 0.353. The zero-order valence-electron chi connectivity index (χ0n) is 11.1. The molecule has 0 radical (unpaired) electrons. The number of hydrogen-bond acceptors (Lipinski definition) is 2. The molecule has 98 valence electrons. The lowest BCUT2D eigenvalue weighted by atomic mass is 9.91. The minimum Gasteiger partial charge on any atom is -0.316 e. The van der Waals surface area contributed by atoms with Gasteiger partial charge in [0.25, 0.3) is 0 Å². The number of carbonyl (C=O) groups is 1. The van der Waals surface area contributed by atoms with Gasteiger partial charge in [-0.3, -0.25) is 4.79 Å². The summed E-state index contributed by atoms with van der Waals surface area (Å²) in [4.78, 5) is 12.3. The largest absolute Gasteiger partial charge is 0.316 e. The summed E-state index contributed by atoms with van der Waals surface area (Å²) >= 11 is 0. The lowest BCUT2D eigenvalue weighted by Gasteiger charge is -2.21. The first-order valence-corrected chi connectivity index (χ1v) is 7.05. The van der Waals surface area contributed by atoms with E-state index in [1.54, 1.807) is 0 Å². The molecule has 1 saturated heterocycles. The molecule has 1 aliphatic rings. The van der Waals surface area contributed by atoms with Gasteiger partial charge in [0.15, 0.2) is 5.78 Å². The van der Waals surface area contributed by atoms with Crippen molar-refractivity contribution in [3.05, 3.63) is 48.0 Å². The van der Waals surface area contributed by atoms with Crippen LogP contribution in [0.3, 0.4) is 0 Å². The van der Waals surface area contributed by atoms with E-state index in [0.29, 0.717) is 12.3 Å². The first-order chi connectivity index (χ1) is 9.33. The highest BCUT2D eigenvalue weighted by atomic mass is 16.1. The number of carbonyl (C=O) groups excluding carboxylic acids is 1. The molecule has 1 N–H and O–H groups in total. The fourth-order valence-electron chi connectivity index (χ4n) is 2.84. The smallest absolute Gasteiger partial charge is 0.163 e. The van der Waals surface area contributed by atoms with Gasteiger partial charge in [-0.15, -0.1) is 0 Å². The van der Waals surface area contributed by atoms with Crippen LogP contribution in [0.5, 0.6) is 0 Å². The van der Waals surface area contributed by atoms with Crippen molar-refractivity contribution in [3.8, 4) is 0 Å². The Kier molecular flexibility index (Phi) is 3.60. The van der Waals surface area contributed by atoms with E-state index in [-0.39, 0.29) is 5.78 Å². The van der Waals surface area contributed by atoms with Gasteiger partial charge in [0.05, 0.1) is 0 Å². The Bertz CT molecular complexity index is 585. The number of rotatable bonds is 3. The van der Waals surface area contributed by atoms with Gasteiger partial charge < -0.3 is 5.32 Å². The molecule has 0 spiro atoms. The van der Waals surface area contributed by atoms with Crippen LogP contribution in [0.1, 0.15) is 29.6 Å². The van der Waals surface area contributed by atoms with Crippen LogP contribution in [-0.4, -0.2) is 18.9 Å². The number of hydrogen-bond donors (Lipinski definition) is 1. The van der Waals surface area contributed by atoms with Crippen LogP contribution >= 0.6 is 0 Å². The molecule has 3 rings (SSSR count). The molecule has 1 atom stereocenters. The zero-order chi connectivity index (χ0) is 13.1. The summed E-state index contributed by atoms with van der Waals surface area (Å²) in [5, 5.41) is 5.71. The molecule has 1 fully saturated rings. The first-order valence-electron chi connectivity index (χ1n) is 7.05. The number of piperidine rings is 1. The second-order valence-corrected chi connectivity index (χ2v) is 5.40. The Hall–Kier alpha value is -1.67. The maximum atomic E-state index is 12.3. The summed E-state index contributed by atoms with van der Waals surface area (Å²) in [7, 11) is 0. The molecule has 0 bridgehead atoms. The summed E-state index contributed by atoms with van der Waals surface area (Å²) in [6.45, 7) is 2.08. The van der Waals surface area contributed by atoms with Gasteiger partial charge in [-0.25, -0.2) is 0 Å². The third kappa shape index (κ3) is 2.85. The van der Waals surface area contributed by atoms with E-state index in [0.717, 1.165) is 24.0 Å². The van der Waals surface area contributed by atoms with E-state index in [1.807, 2.05) is 30.3 Å². The van der Waals surface area contributed by atoms with Crippen molar-refractivity contribution in [1.29, 1.82) is 0 Å². The van der Waals surface area contributed by atoms with Crippen molar-refractivity contribution < 1.29 is 4.79 Å². The number of fused-ring (bicyclic) bond motifs is 1. The van der Waals surface area contributed by atoms with Crippen molar-refractivity contribution in [3.63, 3.8) is 0 Å². The summed E-state index contributed by atoms with van der Waals surface area (Å²) in [6, 6.07) is 14.2. The monoisotopic (exact) mass is 253 g/mol. The van der Waals surface area contributed by atoms with Crippen LogP contribution in [-0.2, 0) is 0 Å². The fourth-order valence-corrected chi connectivity index (χ4v) is 2.84. The second-order valence-electron chi connectivity index (χ2n) is 5.40. The Morgan fingerprint density at radius 2 is 2.00 bits per heavy atom. The van der Waals surface area contributed by atoms with E-state index in [4.69, 9.17) is 0 Å². The van der Waals surface area contributed by atoms with E-state index >= 15 is 0 Å². The molecule has 1 unspecified atom stereocenters. The number of benzene rings is 2. The summed E-state index contributed by atoms with van der Waals surface area (Å²) in [5.74, 6) is 0.784. The SMILES string of the molecule is O=C(CC1CCCNC1)c1ccc2ccccc2c1. The van der Waals surface area contributed by atoms with Crippen LogP contribution in [0.15, 0.2) is 42.5 Å². The molecule has 0 saturated carbocycles. The van der Waals surface area contributed by atoms with E-state index in [1.165, 1.54) is 18.2 Å². The molecule has 2 aromatic carbocycles. The summed E-state index contributed by atoms with van der Waals surface area (Å²) in [6.07, 6.45) is 3.04. The van der Waals surface area contributed by atoms with Gasteiger partial charge in [0.1, 0.15) is 0 Å². The maximum Gasteiger partial charge on any atom is 0.163 e. The van der Waals surface area contributed by atoms with Crippen molar-refractivity contribution in [2.24, 2.45) is 5.92 Å². The lowest BCUT2D eigenvalue weighted by molar-refractivity contribution is 0.0954. The predicted octanol–water partition coefficient (Wildman–Crippen LogP) is 3.41. The van der Waals surface area contributed by atoms with Gasteiger partial charge in [0.2, 0.25) is 0 Å². The van der Waals surface area contributed by atoms with Gasteiger partial charge in [-0.1, -0.05) is 36.4 Å². The average molecular weight is 253 g/mol. The summed E-state index contributed by atoms with van der Waals surface area (Å²) < 4.78 is 0. The van der Waals surface area contributed by atoms with Gasteiger partial charge in [-0.2, -0.15) is 0 Å².